The first-order valence-electron chi connectivity index (χ1n) is 9.54. The van der Waals surface area contributed by atoms with E-state index >= 15 is 0 Å². The predicted octanol–water partition coefficient (Wildman–Crippen LogP) is 5.25. The van der Waals surface area contributed by atoms with Gasteiger partial charge in [0.2, 0.25) is 6.79 Å². The van der Waals surface area contributed by atoms with E-state index in [0.717, 1.165) is 22.4 Å². The number of nitrogens with one attached hydrogen (secondary N) is 1. The minimum Gasteiger partial charge on any atom is -0.508 e. The number of benzene rings is 3. The second kappa shape index (κ2) is 7.74. The molecule has 2 aliphatic rings. The highest BCUT2D eigenvalue weighted by Crippen LogP contribution is 2.37. The Hall–Kier alpha value is -2.90. The lowest BCUT2D eigenvalue weighted by atomic mass is 9.93. The highest BCUT2D eigenvalue weighted by atomic mass is 79.9. The minimum absolute atomic E-state index is 0.169. The monoisotopic (exact) mass is 468 g/mol. The maximum absolute atomic E-state index is 13.8. The molecule has 0 unspecified atom stereocenters. The first-order valence-corrected chi connectivity index (χ1v) is 10.3. The molecule has 2 N–H and O–H groups in total. The summed E-state index contributed by atoms with van der Waals surface area (Å²) in [7, 11) is 0. The largest absolute Gasteiger partial charge is 0.508 e. The van der Waals surface area contributed by atoms with E-state index in [1.54, 1.807) is 24.3 Å². The topological polar surface area (TPSA) is 63.1 Å². The van der Waals surface area contributed by atoms with Crippen LogP contribution in [0.2, 0.25) is 0 Å². The summed E-state index contributed by atoms with van der Waals surface area (Å²) in [5.74, 6) is 1.30. The fourth-order valence-corrected chi connectivity index (χ4v) is 4.19. The van der Waals surface area contributed by atoms with Crippen LogP contribution in [0.15, 0.2) is 70.1 Å². The molecule has 0 amide bonds. The molecule has 0 radical (unpaired) electrons. The molecule has 3 aromatic rings. The highest BCUT2D eigenvalue weighted by Gasteiger charge is 2.28. The van der Waals surface area contributed by atoms with E-state index < -0.39 is 6.17 Å². The van der Waals surface area contributed by atoms with E-state index in [-0.39, 0.29) is 24.4 Å². The van der Waals surface area contributed by atoms with E-state index in [1.165, 1.54) is 6.07 Å². The zero-order valence-electron chi connectivity index (χ0n) is 15.8. The zero-order chi connectivity index (χ0) is 20.7. The maximum atomic E-state index is 13.8. The van der Waals surface area contributed by atoms with Crippen molar-refractivity contribution < 1.29 is 19.0 Å². The molecule has 0 saturated heterocycles. The summed E-state index contributed by atoms with van der Waals surface area (Å²) in [5, 5.41) is 13.9. The number of hydrogen-bond acceptors (Lipinski definition) is 5. The Morgan fingerprint density at radius 2 is 1.87 bits per heavy atom. The van der Waals surface area contributed by atoms with Gasteiger partial charge in [-0.3, -0.25) is 10.3 Å². The van der Waals surface area contributed by atoms with Crippen molar-refractivity contribution in [3.8, 4) is 17.2 Å². The van der Waals surface area contributed by atoms with E-state index in [1.807, 2.05) is 30.3 Å². The fourth-order valence-electron chi connectivity index (χ4n) is 3.79. The van der Waals surface area contributed by atoms with Crippen molar-refractivity contribution in [1.29, 1.82) is 0 Å². The Morgan fingerprint density at radius 3 is 2.70 bits per heavy atom. The Bertz CT molecular complexity index is 1150. The summed E-state index contributed by atoms with van der Waals surface area (Å²) >= 11 is 3.26. The van der Waals surface area contributed by atoms with Gasteiger partial charge >= 0.3 is 0 Å². The first-order chi connectivity index (χ1) is 14.6. The van der Waals surface area contributed by atoms with Crippen molar-refractivity contribution in [2.45, 2.75) is 18.6 Å². The van der Waals surface area contributed by atoms with Crippen LogP contribution in [0, 0.1) is 5.82 Å². The molecule has 152 valence electrons. The number of rotatable bonds is 3. The molecule has 0 aliphatic carbocycles. The third kappa shape index (κ3) is 3.55. The predicted molar refractivity (Wildman–Crippen MR) is 115 cm³/mol. The molecule has 2 aliphatic heterocycles. The molecule has 0 bridgehead atoms. The summed E-state index contributed by atoms with van der Waals surface area (Å²) in [6, 6.07) is 17.7. The Balaban J connectivity index is 1.57. The van der Waals surface area contributed by atoms with Crippen molar-refractivity contribution in [2.75, 3.05) is 6.79 Å². The number of fused-ring (bicyclic) bond motifs is 1. The molecule has 0 fully saturated rings. The number of nitrogens with zero attached hydrogens (tertiary/aromatic N) is 1. The van der Waals surface area contributed by atoms with Gasteiger partial charge in [-0.15, -0.1) is 0 Å². The maximum Gasteiger partial charge on any atom is 0.231 e. The quantitative estimate of drug-likeness (QED) is 0.551. The normalized spacial score (nSPS) is 20.1. The molecule has 3 aromatic carbocycles. The SMILES string of the molecule is Oc1ccccc1[C@@H]1CC(c2ccc3c(c2)OCO3)=N[C@@H](c2ccc(F)c(Br)c2)N1. The molecular formula is C23H18BrFN2O3. The average molecular weight is 469 g/mol. The van der Waals surface area contributed by atoms with Gasteiger partial charge < -0.3 is 14.6 Å². The number of para-hydroxylation sites is 1. The smallest absolute Gasteiger partial charge is 0.231 e. The standard InChI is InChI=1S/C23H18BrFN2O3/c24-16-9-14(5-7-17(16)25)23-26-18(13-6-8-21-22(10-13)30-12-29-21)11-19(27-23)15-3-1-2-4-20(15)28/h1-10,19,23,27-28H,11-12H2/t19-,23+/m0/s1. The van der Waals surface area contributed by atoms with Gasteiger partial charge in [0.15, 0.2) is 11.5 Å². The van der Waals surface area contributed by atoms with Crippen LogP contribution in [0.3, 0.4) is 0 Å². The van der Waals surface area contributed by atoms with Gasteiger partial charge in [-0.25, -0.2) is 4.39 Å². The van der Waals surface area contributed by atoms with Gasteiger partial charge in [0.05, 0.1) is 4.47 Å². The summed E-state index contributed by atoms with van der Waals surface area (Å²) in [6.07, 6.45) is 0.177. The van der Waals surface area contributed by atoms with Crippen LogP contribution in [0.4, 0.5) is 4.39 Å². The Morgan fingerprint density at radius 1 is 1.03 bits per heavy atom. The number of hydrogen-bond donors (Lipinski definition) is 2. The molecule has 30 heavy (non-hydrogen) atoms. The third-order valence-electron chi connectivity index (χ3n) is 5.32. The lowest BCUT2D eigenvalue weighted by Crippen LogP contribution is -2.33. The van der Waals surface area contributed by atoms with Crippen LogP contribution in [0.1, 0.15) is 35.3 Å². The van der Waals surface area contributed by atoms with Crippen molar-refractivity contribution in [3.05, 3.63) is 87.6 Å². The Labute approximate surface area is 181 Å². The van der Waals surface area contributed by atoms with Crippen molar-refractivity contribution >= 4 is 21.6 Å². The second-order valence-corrected chi connectivity index (χ2v) is 8.06. The molecule has 0 aromatic heterocycles. The number of ether oxygens (including phenoxy) is 2. The van der Waals surface area contributed by atoms with Gasteiger partial charge in [-0.05, 0) is 63.5 Å². The summed E-state index contributed by atoms with van der Waals surface area (Å²) in [6.45, 7) is 0.208. The van der Waals surface area contributed by atoms with Gasteiger partial charge in [0.25, 0.3) is 0 Å². The number of phenolic OH excluding ortho intramolecular Hbond substituents is 1. The van der Waals surface area contributed by atoms with Crippen LogP contribution in [-0.2, 0) is 0 Å². The molecular weight excluding hydrogens is 451 g/mol. The zero-order valence-corrected chi connectivity index (χ0v) is 17.4. The number of aromatic hydroxyl groups is 1. The van der Waals surface area contributed by atoms with Gasteiger partial charge in [0.1, 0.15) is 17.7 Å². The molecule has 2 heterocycles. The van der Waals surface area contributed by atoms with Crippen LogP contribution in [0.25, 0.3) is 0 Å². The van der Waals surface area contributed by atoms with E-state index in [0.29, 0.717) is 22.4 Å². The molecule has 2 atom stereocenters. The Kier molecular flexibility index (Phi) is 4.92. The van der Waals surface area contributed by atoms with Gasteiger partial charge in [-0.1, -0.05) is 24.3 Å². The van der Waals surface area contributed by atoms with E-state index in [4.69, 9.17) is 14.5 Å². The third-order valence-corrected chi connectivity index (χ3v) is 5.93. The molecule has 7 heteroatoms. The van der Waals surface area contributed by atoms with Crippen LogP contribution < -0.4 is 14.8 Å². The highest BCUT2D eigenvalue weighted by molar-refractivity contribution is 9.10. The fraction of sp³-hybridized carbons (Fsp3) is 0.174. The molecule has 5 rings (SSSR count). The van der Waals surface area contributed by atoms with Gasteiger partial charge in [-0.2, -0.15) is 0 Å². The summed E-state index contributed by atoms with van der Waals surface area (Å²) < 4.78 is 25.1. The van der Waals surface area contributed by atoms with Crippen molar-refractivity contribution in [2.24, 2.45) is 4.99 Å². The first kappa shape index (κ1) is 19.1. The molecule has 0 spiro atoms. The van der Waals surface area contributed by atoms with Crippen molar-refractivity contribution in [1.82, 2.24) is 5.32 Å². The number of phenols is 1. The number of aliphatic imine (C=N–C) groups is 1. The van der Waals surface area contributed by atoms with E-state index in [9.17, 15) is 9.50 Å². The van der Waals surface area contributed by atoms with Crippen LogP contribution in [-0.4, -0.2) is 17.6 Å². The van der Waals surface area contributed by atoms with Crippen LogP contribution >= 0.6 is 15.9 Å². The minimum atomic E-state index is -0.402. The lowest BCUT2D eigenvalue weighted by molar-refractivity contribution is 0.174. The average Bonchev–Trinajstić information content (AvgIpc) is 3.23. The van der Waals surface area contributed by atoms with Crippen molar-refractivity contribution in [3.63, 3.8) is 0 Å². The second-order valence-electron chi connectivity index (χ2n) is 7.20. The summed E-state index contributed by atoms with van der Waals surface area (Å²) in [5.41, 5.74) is 3.40. The van der Waals surface area contributed by atoms with Gasteiger partial charge in [0, 0.05) is 23.7 Å². The van der Waals surface area contributed by atoms with E-state index in [2.05, 4.69) is 21.2 Å². The van der Waals surface area contributed by atoms with Crippen LogP contribution in [0.5, 0.6) is 17.2 Å². The number of halogens is 2. The molecule has 0 saturated carbocycles. The molecule has 5 nitrogen and oxygen atoms in total. The lowest BCUT2D eigenvalue weighted by Gasteiger charge is -2.31. The summed E-state index contributed by atoms with van der Waals surface area (Å²) in [4.78, 5) is 4.91.